The van der Waals surface area contributed by atoms with Crippen LogP contribution < -0.4 is 0 Å². The van der Waals surface area contributed by atoms with Gasteiger partial charge in [-0.1, -0.05) is 0 Å². The summed E-state index contributed by atoms with van der Waals surface area (Å²) in [6, 6.07) is 3.76. The Morgan fingerprint density at radius 2 is 2.00 bits per heavy atom. The van der Waals surface area contributed by atoms with Gasteiger partial charge in [-0.05, 0) is 37.8 Å². The summed E-state index contributed by atoms with van der Waals surface area (Å²) in [5, 5.41) is 19.4. The Hall–Kier alpha value is -2.19. The molecule has 1 N–H and O–H groups in total. The van der Waals surface area contributed by atoms with Crippen molar-refractivity contribution in [2.75, 3.05) is 26.2 Å². The topological polar surface area (TPSA) is 79.4 Å². The molecule has 0 radical (unpaired) electrons. The van der Waals surface area contributed by atoms with Crippen molar-refractivity contribution in [3.05, 3.63) is 35.4 Å². The molecule has 0 aromatic carbocycles. The first-order valence-electron chi connectivity index (χ1n) is 9.84. The lowest BCUT2D eigenvalue weighted by molar-refractivity contribution is -0.133. The standard InChI is InChI=1S/C19H28N6O2/c1-22-17(6-7-20-22)19(27)16-12-15-13-23(8-5-11-25(15)21-16)14-18(26)24-9-3-2-4-10-24/h6-7,12,19,27H,2-5,8-11,13-14H2,1H3/t19-/m0/s1. The maximum absolute atomic E-state index is 12.6. The Bertz CT molecular complexity index is 792. The first-order valence-corrected chi connectivity index (χ1v) is 9.84. The molecule has 1 saturated heterocycles. The van der Waals surface area contributed by atoms with E-state index in [9.17, 15) is 9.90 Å². The highest BCUT2D eigenvalue weighted by Crippen LogP contribution is 2.23. The van der Waals surface area contributed by atoms with Crippen LogP contribution in [-0.4, -0.2) is 66.6 Å². The lowest BCUT2D eigenvalue weighted by Crippen LogP contribution is -2.42. The van der Waals surface area contributed by atoms with Crippen LogP contribution in [0.4, 0.5) is 0 Å². The number of aromatic nitrogens is 4. The highest BCUT2D eigenvalue weighted by molar-refractivity contribution is 5.78. The number of aryl methyl sites for hydroxylation is 2. The number of hydrogen-bond acceptors (Lipinski definition) is 5. The highest BCUT2D eigenvalue weighted by Gasteiger charge is 2.24. The predicted octanol–water partition coefficient (Wildman–Crippen LogP) is 0.916. The summed E-state index contributed by atoms with van der Waals surface area (Å²) in [5.74, 6) is 0.234. The molecule has 1 fully saturated rings. The zero-order valence-corrected chi connectivity index (χ0v) is 15.9. The van der Waals surface area contributed by atoms with E-state index in [2.05, 4.69) is 15.1 Å². The zero-order chi connectivity index (χ0) is 18.8. The molecule has 0 spiro atoms. The van der Waals surface area contributed by atoms with Crippen molar-refractivity contribution in [3.63, 3.8) is 0 Å². The first-order chi connectivity index (χ1) is 13.1. The second-order valence-electron chi connectivity index (χ2n) is 7.57. The van der Waals surface area contributed by atoms with Gasteiger partial charge >= 0.3 is 0 Å². The van der Waals surface area contributed by atoms with Crippen molar-refractivity contribution in [1.82, 2.24) is 29.4 Å². The molecule has 8 nitrogen and oxygen atoms in total. The monoisotopic (exact) mass is 372 g/mol. The van der Waals surface area contributed by atoms with Gasteiger partial charge in [0, 0.05) is 46.0 Å². The molecule has 0 aliphatic carbocycles. The largest absolute Gasteiger partial charge is 0.380 e. The van der Waals surface area contributed by atoms with Crippen molar-refractivity contribution in [2.45, 2.75) is 44.9 Å². The van der Waals surface area contributed by atoms with Crippen LogP contribution in [0.1, 0.15) is 48.9 Å². The van der Waals surface area contributed by atoms with Crippen LogP contribution in [0.2, 0.25) is 0 Å². The van der Waals surface area contributed by atoms with Gasteiger partial charge < -0.3 is 10.0 Å². The molecule has 4 heterocycles. The quantitative estimate of drug-likeness (QED) is 0.863. The summed E-state index contributed by atoms with van der Waals surface area (Å²) in [4.78, 5) is 16.8. The molecular weight excluding hydrogens is 344 g/mol. The van der Waals surface area contributed by atoms with Gasteiger partial charge in [0.25, 0.3) is 0 Å². The van der Waals surface area contributed by atoms with E-state index in [-0.39, 0.29) is 5.91 Å². The van der Waals surface area contributed by atoms with Crippen LogP contribution in [0.3, 0.4) is 0 Å². The molecule has 27 heavy (non-hydrogen) atoms. The number of hydrogen-bond donors (Lipinski definition) is 1. The SMILES string of the molecule is Cn1nccc1[C@@H](O)c1cc2n(n1)CCCN(CC(=O)N1CCCCC1)C2. The number of nitrogens with zero attached hydrogens (tertiary/aromatic N) is 6. The number of fused-ring (bicyclic) bond motifs is 1. The second kappa shape index (κ2) is 7.82. The van der Waals surface area contributed by atoms with E-state index >= 15 is 0 Å². The maximum atomic E-state index is 12.6. The summed E-state index contributed by atoms with van der Waals surface area (Å²) in [7, 11) is 1.81. The summed E-state index contributed by atoms with van der Waals surface area (Å²) < 4.78 is 3.64. The Morgan fingerprint density at radius 3 is 2.74 bits per heavy atom. The van der Waals surface area contributed by atoms with Crippen molar-refractivity contribution in [3.8, 4) is 0 Å². The van der Waals surface area contributed by atoms with Crippen molar-refractivity contribution in [2.24, 2.45) is 7.05 Å². The minimum atomic E-state index is -0.791. The van der Waals surface area contributed by atoms with Crippen LogP contribution >= 0.6 is 0 Å². The van der Waals surface area contributed by atoms with Gasteiger partial charge in [0.05, 0.1) is 23.6 Å². The molecule has 1 amide bonds. The molecule has 0 unspecified atom stereocenters. The third kappa shape index (κ3) is 3.91. The Balaban J connectivity index is 1.45. The van der Waals surface area contributed by atoms with E-state index in [4.69, 9.17) is 0 Å². The fourth-order valence-corrected chi connectivity index (χ4v) is 4.06. The first kappa shape index (κ1) is 18.2. The molecule has 8 heteroatoms. The van der Waals surface area contributed by atoms with E-state index in [0.717, 1.165) is 56.8 Å². The van der Waals surface area contributed by atoms with E-state index in [0.29, 0.717) is 18.8 Å². The fourth-order valence-electron chi connectivity index (χ4n) is 4.06. The van der Waals surface area contributed by atoms with Gasteiger partial charge in [0.1, 0.15) is 6.10 Å². The number of likely N-dealkylation sites (tertiary alicyclic amines) is 1. The third-order valence-electron chi connectivity index (χ3n) is 5.60. The number of aliphatic hydroxyl groups excluding tert-OH is 1. The second-order valence-corrected chi connectivity index (χ2v) is 7.57. The highest BCUT2D eigenvalue weighted by atomic mass is 16.3. The van der Waals surface area contributed by atoms with Crippen LogP contribution in [0, 0.1) is 0 Å². The van der Waals surface area contributed by atoms with Crippen molar-refractivity contribution in [1.29, 1.82) is 0 Å². The van der Waals surface area contributed by atoms with Gasteiger partial charge in [-0.25, -0.2) is 0 Å². The Kier molecular flexibility index (Phi) is 5.27. The minimum absolute atomic E-state index is 0.234. The van der Waals surface area contributed by atoms with Gasteiger partial charge in [-0.3, -0.25) is 19.1 Å². The van der Waals surface area contributed by atoms with E-state index in [1.807, 2.05) is 22.7 Å². The minimum Gasteiger partial charge on any atom is -0.380 e. The number of piperidine rings is 1. The molecule has 2 aliphatic heterocycles. The average Bonchev–Trinajstić information content (AvgIpc) is 3.23. The van der Waals surface area contributed by atoms with Gasteiger partial charge in [-0.15, -0.1) is 0 Å². The van der Waals surface area contributed by atoms with E-state index < -0.39 is 6.10 Å². The van der Waals surface area contributed by atoms with Crippen LogP contribution in [-0.2, 0) is 24.9 Å². The Morgan fingerprint density at radius 1 is 1.19 bits per heavy atom. The van der Waals surface area contributed by atoms with Gasteiger partial charge in [0.2, 0.25) is 5.91 Å². The Labute approximate surface area is 159 Å². The predicted molar refractivity (Wildman–Crippen MR) is 99.8 cm³/mol. The molecule has 2 aromatic rings. The molecule has 146 valence electrons. The molecule has 1 atom stereocenters. The normalized spacial score (nSPS) is 19.6. The smallest absolute Gasteiger partial charge is 0.236 e. The number of carbonyl (C=O) groups excluding carboxylic acids is 1. The number of rotatable bonds is 4. The summed E-state index contributed by atoms with van der Waals surface area (Å²) in [6.07, 6.45) is 5.30. The maximum Gasteiger partial charge on any atom is 0.236 e. The summed E-state index contributed by atoms with van der Waals surface area (Å²) in [6.45, 7) is 4.64. The van der Waals surface area contributed by atoms with E-state index in [1.165, 1.54) is 6.42 Å². The van der Waals surface area contributed by atoms with Gasteiger partial charge in [0.15, 0.2) is 0 Å². The summed E-state index contributed by atoms with van der Waals surface area (Å²) >= 11 is 0. The average molecular weight is 372 g/mol. The molecule has 4 rings (SSSR count). The molecular formula is C19H28N6O2. The molecule has 0 bridgehead atoms. The summed E-state index contributed by atoms with van der Waals surface area (Å²) in [5.41, 5.74) is 2.41. The third-order valence-corrected chi connectivity index (χ3v) is 5.60. The molecule has 2 aromatic heterocycles. The van der Waals surface area contributed by atoms with Crippen molar-refractivity contribution >= 4 is 5.91 Å². The van der Waals surface area contributed by atoms with E-state index in [1.54, 1.807) is 16.9 Å². The van der Waals surface area contributed by atoms with Crippen LogP contribution in [0.25, 0.3) is 0 Å². The van der Waals surface area contributed by atoms with Crippen molar-refractivity contribution < 1.29 is 9.90 Å². The molecule has 2 aliphatic rings. The number of aliphatic hydroxyl groups is 1. The lowest BCUT2D eigenvalue weighted by Gasteiger charge is -2.29. The zero-order valence-electron chi connectivity index (χ0n) is 15.9. The molecule has 0 saturated carbocycles. The number of amides is 1. The fraction of sp³-hybridized carbons (Fsp3) is 0.632. The van der Waals surface area contributed by atoms with Crippen LogP contribution in [0.5, 0.6) is 0 Å². The number of carbonyl (C=O) groups is 1. The lowest BCUT2D eigenvalue weighted by atomic mass is 10.1. The van der Waals surface area contributed by atoms with Gasteiger partial charge in [-0.2, -0.15) is 10.2 Å². The van der Waals surface area contributed by atoms with Crippen LogP contribution in [0.15, 0.2) is 18.3 Å².